The first kappa shape index (κ1) is 13.4. The summed E-state index contributed by atoms with van der Waals surface area (Å²) in [6.45, 7) is 4.18. The molecule has 0 aromatic heterocycles. The number of hydrogen-bond donors (Lipinski definition) is 0. The summed E-state index contributed by atoms with van der Waals surface area (Å²) in [5, 5.41) is 0. The van der Waals surface area contributed by atoms with Crippen LogP contribution in [0.2, 0.25) is 0 Å². The Morgan fingerprint density at radius 3 is 2.89 bits per heavy atom. The van der Waals surface area contributed by atoms with E-state index in [9.17, 15) is 0 Å². The lowest BCUT2D eigenvalue weighted by Crippen LogP contribution is -2.34. The fourth-order valence-corrected chi connectivity index (χ4v) is 2.75. The molecule has 1 heterocycles. The maximum atomic E-state index is 6.07. The number of hydrogen-bond acceptors (Lipinski definition) is 3. The molecule has 1 aliphatic rings. The molecule has 0 N–H and O–H groups in total. The predicted molar refractivity (Wildman–Crippen MR) is 77.0 cm³/mol. The van der Waals surface area contributed by atoms with Crippen LogP contribution in [0.15, 0.2) is 23.2 Å². The minimum absolute atomic E-state index is 0.503. The van der Waals surface area contributed by atoms with Crippen molar-refractivity contribution in [3.8, 4) is 11.5 Å². The summed E-state index contributed by atoms with van der Waals surface area (Å²) in [6.07, 6.45) is 3.12. The standard InChI is InChI=1S/C14H18BrNO2/c1-4-5-9-14(2)16-13(15)10-7-6-8-11(17-3)12(10)18-14/h6-8H,4-5,9H2,1-3H3. The summed E-state index contributed by atoms with van der Waals surface area (Å²) < 4.78 is 12.3. The van der Waals surface area contributed by atoms with Crippen molar-refractivity contribution >= 4 is 20.6 Å². The Balaban J connectivity index is 2.38. The number of aliphatic imine (C=N–C) groups is 1. The van der Waals surface area contributed by atoms with Gasteiger partial charge >= 0.3 is 0 Å². The molecule has 0 bridgehead atoms. The molecule has 1 aromatic carbocycles. The average molecular weight is 312 g/mol. The zero-order valence-electron chi connectivity index (χ0n) is 11.0. The third-order valence-electron chi connectivity index (χ3n) is 3.07. The van der Waals surface area contributed by atoms with Crippen molar-refractivity contribution in [1.82, 2.24) is 0 Å². The number of nitrogens with zero attached hydrogens (tertiary/aromatic N) is 1. The fourth-order valence-electron chi connectivity index (χ4n) is 2.07. The summed E-state index contributed by atoms with van der Waals surface area (Å²) >= 11 is 3.53. The van der Waals surface area contributed by atoms with Crippen LogP contribution in [0.5, 0.6) is 11.5 Å². The van der Waals surface area contributed by atoms with Crippen LogP contribution in [0.4, 0.5) is 0 Å². The summed E-state index contributed by atoms with van der Waals surface area (Å²) in [4.78, 5) is 4.62. The highest BCUT2D eigenvalue weighted by atomic mass is 79.9. The van der Waals surface area contributed by atoms with Crippen LogP contribution in [0.1, 0.15) is 38.7 Å². The number of methoxy groups -OCH3 is 1. The quantitative estimate of drug-likeness (QED) is 0.837. The van der Waals surface area contributed by atoms with Gasteiger partial charge in [0.1, 0.15) is 4.62 Å². The van der Waals surface area contributed by atoms with Gasteiger partial charge in [0.15, 0.2) is 17.2 Å². The van der Waals surface area contributed by atoms with Crippen LogP contribution in [0.3, 0.4) is 0 Å². The van der Waals surface area contributed by atoms with Crippen LogP contribution in [-0.4, -0.2) is 17.5 Å². The van der Waals surface area contributed by atoms with Gasteiger partial charge in [0.2, 0.25) is 0 Å². The predicted octanol–water partition coefficient (Wildman–Crippen LogP) is 4.14. The minimum Gasteiger partial charge on any atom is -0.493 e. The molecule has 98 valence electrons. The number of ether oxygens (including phenoxy) is 2. The Morgan fingerprint density at radius 1 is 1.44 bits per heavy atom. The van der Waals surface area contributed by atoms with Gasteiger partial charge in [-0.05, 0) is 41.4 Å². The van der Waals surface area contributed by atoms with Crippen LogP contribution >= 0.6 is 15.9 Å². The first-order chi connectivity index (χ1) is 8.59. The maximum absolute atomic E-state index is 6.07. The van der Waals surface area contributed by atoms with E-state index in [1.54, 1.807) is 7.11 Å². The van der Waals surface area contributed by atoms with Crippen molar-refractivity contribution in [2.24, 2.45) is 4.99 Å². The van der Waals surface area contributed by atoms with Gasteiger partial charge in [-0.3, -0.25) is 0 Å². The van der Waals surface area contributed by atoms with Gasteiger partial charge in [-0.2, -0.15) is 0 Å². The third-order valence-corrected chi connectivity index (χ3v) is 3.68. The SMILES string of the molecule is CCCCC1(C)N=C(Br)c2cccc(OC)c2O1. The first-order valence-corrected chi connectivity index (χ1v) is 7.00. The number of para-hydroxylation sites is 1. The molecule has 3 nitrogen and oxygen atoms in total. The van der Waals surface area contributed by atoms with E-state index in [1.165, 1.54) is 0 Å². The summed E-state index contributed by atoms with van der Waals surface area (Å²) in [6, 6.07) is 5.82. The lowest BCUT2D eigenvalue weighted by Gasteiger charge is -2.32. The molecule has 1 atom stereocenters. The van der Waals surface area contributed by atoms with Crippen LogP contribution in [0.25, 0.3) is 0 Å². The van der Waals surface area contributed by atoms with Crippen molar-refractivity contribution in [1.29, 1.82) is 0 Å². The van der Waals surface area contributed by atoms with Crippen molar-refractivity contribution in [3.05, 3.63) is 23.8 Å². The molecular weight excluding hydrogens is 294 g/mol. The lowest BCUT2D eigenvalue weighted by molar-refractivity contribution is 0.0790. The van der Waals surface area contributed by atoms with E-state index in [4.69, 9.17) is 9.47 Å². The van der Waals surface area contributed by atoms with Crippen molar-refractivity contribution in [3.63, 3.8) is 0 Å². The Bertz CT molecular complexity index is 473. The molecule has 1 unspecified atom stereocenters. The number of unbranched alkanes of at least 4 members (excludes halogenated alkanes) is 1. The Hall–Kier alpha value is -1.03. The van der Waals surface area contributed by atoms with Crippen molar-refractivity contribution in [2.75, 3.05) is 7.11 Å². The molecule has 1 aromatic rings. The molecule has 0 saturated carbocycles. The number of fused-ring (bicyclic) bond motifs is 1. The highest BCUT2D eigenvalue weighted by Crippen LogP contribution is 2.40. The summed E-state index contributed by atoms with van der Waals surface area (Å²) in [5.74, 6) is 1.53. The third kappa shape index (κ3) is 2.53. The summed E-state index contributed by atoms with van der Waals surface area (Å²) in [5.41, 5.74) is 0.444. The number of benzene rings is 1. The second kappa shape index (κ2) is 5.31. The Morgan fingerprint density at radius 2 is 2.22 bits per heavy atom. The van der Waals surface area contributed by atoms with Gasteiger partial charge in [-0.25, -0.2) is 4.99 Å². The van der Waals surface area contributed by atoms with Crippen molar-refractivity contribution < 1.29 is 9.47 Å². The van der Waals surface area contributed by atoms with Crippen LogP contribution in [-0.2, 0) is 0 Å². The van der Waals surface area contributed by atoms with Gasteiger partial charge in [-0.1, -0.05) is 19.4 Å². The zero-order chi connectivity index (χ0) is 13.2. The van der Waals surface area contributed by atoms with Crippen LogP contribution < -0.4 is 9.47 Å². The molecule has 0 saturated heterocycles. The molecule has 0 aliphatic carbocycles. The zero-order valence-corrected chi connectivity index (χ0v) is 12.6. The molecule has 0 fully saturated rings. The van der Waals surface area contributed by atoms with Gasteiger partial charge in [-0.15, -0.1) is 0 Å². The fraction of sp³-hybridized carbons (Fsp3) is 0.500. The van der Waals surface area contributed by atoms with Crippen molar-refractivity contribution in [2.45, 2.75) is 38.8 Å². The van der Waals surface area contributed by atoms with Gasteiger partial charge in [0.05, 0.1) is 12.7 Å². The highest BCUT2D eigenvalue weighted by Gasteiger charge is 2.33. The van der Waals surface area contributed by atoms with E-state index in [0.717, 1.165) is 40.9 Å². The normalized spacial score (nSPS) is 21.9. The molecule has 18 heavy (non-hydrogen) atoms. The number of rotatable bonds is 4. The smallest absolute Gasteiger partial charge is 0.198 e. The first-order valence-electron chi connectivity index (χ1n) is 6.21. The van der Waals surface area contributed by atoms with Gasteiger partial charge in [0, 0.05) is 6.42 Å². The van der Waals surface area contributed by atoms with Gasteiger partial charge < -0.3 is 9.47 Å². The van der Waals surface area contributed by atoms with E-state index in [0.29, 0.717) is 0 Å². The molecule has 2 rings (SSSR count). The van der Waals surface area contributed by atoms with E-state index in [2.05, 4.69) is 27.8 Å². The summed E-state index contributed by atoms with van der Waals surface area (Å²) in [7, 11) is 1.65. The van der Waals surface area contributed by atoms with E-state index in [-0.39, 0.29) is 0 Å². The lowest BCUT2D eigenvalue weighted by atomic mass is 10.1. The molecule has 0 spiro atoms. The average Bonchev–Trinajstić information content (AvgIpc) is 2.36. The minimum atomic E-state index is -0.503. The molecule has 0 amide bonds. The van der Waals surface area contributed by atoms with Crippen LogP contribution in [0, 0.1) is 0 Å². The molecular formula is C14H18BrNO2. The molecule has 0 radical (unpaired) electrons. The number of halogens is 1. The maximum Gasteiger partial charge on any atom is 0.198 e. The second-order valence-corrected chi connectivity index (χ2v) is 5.37. The largest absolute Gasteiger partial charge is 0.493 e. The van der Waals surface area contributed by atoms with E-state index in [1.807, 2.05) is 25.1 Å². The molecule has 4 heteroatoms. The Kier molecular flexibility index (Phi) is 3.95. The molecule has 1 aliphatic heterocycles. The monoisotopic (exact) mass is 311 g/mol. The van der Waals surface area contributed by atoms with Gasteiger partial charge in [0.25, 0.3) is 0 Å². The highest BCUT2D eigenvalue weighted by molar-refractivity contribution is 9.18. The second-order valence-electron chi connectivity index (χ2n) is 4.62. The Labute approximate surface area is 116 Å². The van der Waals surface area contributed by atoms with E-state index < -0.39 is 5.72 Å². The topological polar surface area (TPSA) is 30.8 Å². The van der Waals surface area contributed by atoms with E-state index >= 15 is 0 Å².